The van der Waals surface area contributed by atoms with Crippen LogP contribution in [-0.4, -0.2) is 4.98 Å². The molecule has 1 atom stereocenters. The highest BCUT2D eigenvalue weighted by Gasteiger charge is 2.18. The van der Waals surface area contributed by atoms with Gasteiger partial charge in [0.15, 0.2) is 0 Å². The Kier molecular flexibility index (Phi) is 3.60. The van der Waals surface area contributed by atoms with Crippen LogP contribution in [0.3, 0.4) is 0 Å². The minimum atomic E-state index is 0.193. The van der Waals surface area contributed by atoms with Gasteiger partial charge >= 0.3 is 0 Å². The third-order valence-electron chi connectivity index (χ3n) is 3.62. The quantitative estimate of drug-likeness (QED) is 0.671. The molecule has 3 aromatic rings. The first-order valence-electron chi connectivity index (χ1n) is 6.87. The molecule has 0 spiro atoms. The third-order valence-corrected chi connectivity index (χ3v) is 3.62. The predicted molar refractivity (Wildman–Crippen MR) is 82.8 cm³/mol. The first-order chi connectivity index (χ1) is 9.86. The second-order valence-electron chi connectivity index (χ2n) is 4.95. The third kappa shape index (κ3) is 2.48. The van der Waals surface area contributed by atoms with Gasteiger partial charge in [0.05, 0.1) is 11.6 Å². The average molecular weight is 259 g/mol. The van der Waals surface area contributed by atoms with Gasteiger partial charge in [0.25, 0.3) is 0 Å². The van der Waals surface area contributed by atoms with Crippen molar-refractivity contribution in [3.8, 4) is 0 Å². The summed E-state index contributed by atoms with van der Waals surface area (Å²) in [5.74, 6) is 0.193. The number of hydrogen-bond donors (Lipinski definition) is 0. The molecule has 0 radical (unpaired) electrons. The van der Waals surface area contributed by atoms with Crippen molar-refractivity contribution >= 4 is 0 Å². The van der Waals surface area contributed by atoms with Crippen LogP contribution in [0.2, 0.25) is 0 Å². The molecule has 0 fully saturated rings. The highest BCUT2D eigenvalue weighted by atomic mass is 14.7. The van der Waals surface area contributed by atoms with Crippen LogP contribution in [-0.2, 0) is 0 Å². The Bertz CT molecular complexity index is 635. The smallest absolute Gasteiger partial charge is 0.0522 e. The van der Waals surface area contributed by atoms with Crippen molar-refractivity contribution < 1.29 is 0 Å². The summed E-state index contributed by atoms with van der Waals surface area (Å²) in [6.07, 6.45) is 1.86. The van der Waals surface area contributed by atoms with E-state index in [0.717, 1.165) is 5.69 Å². The van der Waals surface area contributed by atoms with Gasteiger partial charge in [-0.1, -0.05) is 60.7 Å². The Morgan fingerprint density at radius 3 is 2.15 bits per heavy atom. The highest BCUT2D eigenvalue weighted by Crippen LogP contribution is 2.32. The number of rotatable bonds is 3. The maximum atomic E-state index is 4.57. The van der Waals surface area contributed by atoms with E-state index in [-0.39, 0.29) is 5.92 Å². The van der Waals surface area contributed by atoms with Gasteiger partial charge < -0.3 is 0 Å². The Balaban J connectivity index is 2.17. The molecule has 0 amide bonds. The van der Waals surface area contributed by atoms with Gasteiger partial charge in [0.1, 0.15) is 0 Å². The Hall–Kier alpha value is -2.41. The molecule has 98 valence electrons. The number of pyridine rings is 1. The van der Waals surface area contributed by atoms with Crippen molar-refractivity contribution in [1.82, 2.24) is 4.98 Å². The zero-order valence-electron chi connectivity index (χ0n) is 11.5. The van der Waals surface area contributed by atoms with E-state index in [1.54, 1.807) is 0 Å². The van der Waals surface area contributed by atoms with Crippen LogP contribution < -0.4 is 0 Å². The van der Waals surface area contributed by atoms with Crippen LogP contribution in [0, 0.1) is 6.92 Å². The number of hydrogen-bond acceptors (Lipinski definition) is 1. The fourth-order valence-corrected chi connectivity index (χ4v) is 2.61. The van der Waals surface area contributed by atoms with E-state index in [2.05, 4.69) is 78.6 Å². The first kappa shape index (κ1) is 12.6. The molecule has 0 bridgehead atoms. The molecule has 2 aromatic carbocycles. The minimum Gasteiger partial charge on any atom is -0.260 e. The molecule has 1 heterocycles. The van der Waals surface area contributed by atoms with Gasteiger partial charge in [-0.2, -0.15) is 0 Å². The summed E-state index contributed by atoms with van der Waals surface area (Å²) >= 11 is 0. The zero-order valence-corrected chi connectivity index (χ0v) is 11.5. The Morgan fingerprint density at radius 2 is 1.45 bits per heavy atom. The summed E-state index contributed by atoms with van der Waals surface area (Å²) in [7, 11) is 0. The highest BCUT2D eigenvalue weighted by molar-refractivity contribution is 5.43. The summed E-state index contributed by atoms with van der Waals surface area (Å²) in [4.78, 5) is 4.57. The maximum absolute atomic E-state index is 4.57. The van der Waals surface area contributed by atoms with Crippen LogP contribution >= 0.6 is 0 Å². The van der Waals surface area contributed by atoms with Gasteiger partial charge in [0.2, 0.25) is 0 Å². The van der Waals surface area contributed by atoms with Gasteiger partial charge in [0, 0.05) is 6.20 Å². The number of benzene rings is 2. The SMILES string of the molecule is Cc1ccccc1C(c1ccccc1)c1ccccn1. The molecule has 1 aromatic heterocycles. The zero-order chi connectivity index (χ0) is 13.8. The topological polar surface area (TPSA) is 12.9 Å². The molecule has 1 nitrogen and oxygen atoms in total. The van der Waals surface area contributed by atoms with E-state index < -0.39 is 0 Å². The molecule has 1 unspecified atom stereocenters. The van der Waals surface area contributed by atoms with Gasteiger partial charge in [-0.25, -0.2) is 0 Å². The van der Waals surface area contributed by atoms with Crippen LogP contribution in [0.1, 0.15) is 28.3 Å². The molecule has 1 heteroatoms. The van der Waals surface area contributed by atoms with Crippen LogP contribution in [0.4, 0.5) is 0 Å². The van der Waals surface area contributed by atoms with E-state index in [0.29, 0.717) is 0 Å². The number of aromatic nitrogens is 1. The molecular weight excluding hydrogens is 242 g/mol. The summed E-state index contributed by atoms with van der Waals surface area (Å²) in [5.41, 5.74) is 4.98. The normalized spacial score (nSPS) is 12.1. The van der Waals surface area contributed by atoms with Crippen molar-refractivity contribution in [2.24, 2.45) is 0 Å². The lowest BCUT2D eigenvalue weighted by atomic mass is 9.86. The van der Waals surface area contributed by atoms with E-state index in [1.165, 1.54) is 16.7 Å². The average Bonchev–Trinajstić information content (AvgIpc) is 2.52. The van der Waals surface area contributed by atoms with E-state index in [4.69, 9.17) is 0 Å². The van der Waals surface area contributed by atoms with Gasteiger partial charge in [-0.3, -0.25) is 4.98 Å². The van der Waals surface area contributed by atoms with Crippen molar-refractivity contribution in [3.05, 3.63) is 101 Å². The van der Waals surface area contributed by atoms with Crippen LogP contribution in [0.5, 0.6) is 0 Å². The second kappa shape index (κ2) is 5.70. The fourth-order valence-electron chi connectivity index (χ4n) is 2.61. The summed E-state index contributed by atoms with van der Waals surface area (Å²) in [5, 5.41) is 0. The maximum Gasteiger partial charge on any atom is 0.0522 e. The van der Waals surface area contributed by atoms with E-state index in [1.807, 2.05) is 12.3 Å². The lowest BCUT2D eigenvalue weighted by Crippen LogP contribution is -2.06. The van der Waals surface area contributed by atoms with Crippen molar-refractivity contribution in [3.63, 3.8) is 0 Å². The summed E-state index contributed by atoms with van der Waals surface area (Å²) < 4.78 is 0. The lowest BCUT2D eigenvalue weighted by Gasteiger charge is -2.19. The summed E-state index contributed by atoms with van der Waals surface area (Å²) in [6, 6.07) is 25.2. The largest absolute Gasteiger partial charge is 0.260 e. The monoisotopic (exact) mass is 259 g/mol. The molecule has 0 aliphatic rings. The molecule has 0 N–H and O–H groups in total. The number of nitrogens with zero attached hydrogens (tertiary/aromatic N) is 1. The van der Waals surface area contributed by atoms with Crippen molar-refractivity contribution in [1.29, 1.82) is 0 Å². The Labute approximate surface area is 119 Å². The van der Waals surface area contributed by atoms with Crippen molar-refractivity contribution in [2.45, 2.75) is 12.8 Å². The molecular formula is C19H17N. The Morgan fingerprint density at radius 1 is 0.750 bits per heavy atom. The van der Waals surface area contributed by atoms with Crippen molar-refractivity contribution in [2.75, 3.05) is 0 Å². The molecule has 3 rings (SSSR count). The molecule has 0 saturated carbocycles. The van der Waals surface area contributed by atoms with Gasteiger partial charge in [-0.15, -0.1) is 0 Å². The minimum absolute atomic E-state index is 0.193. The predicted octanol–water partition coefficient (Wildman–Crippen LogP) is 4.57. The summed E-state index contributed by atoms with van der Waals surface area (Å²) in [6.45, 7) is 2.16. The lowest BCUT2D eigenvalue weighted by molar-refractivity contribution is 0.908. The second-order valence-corrected chi connectivity index (χ2v) is 4.95. The van der Waals surface area contributed by atoms with Crippen LogP contribution in [0.15, 0.2) is 79.0 Å². The van der Waals surface area contributed by atoms with E-state index in [9.17, 15) is 0 Å². The van der Waals surface area contributed by atoms with Crippen LogP contribution in [0.25, 0.3) is 0 Å². The molecule has 0 saturated heterocycles. The fraction of sp³-hybridized carbons (Fsp3) is 0.105. The first-order valence-corrected chi connectivity index (χ1v) is 6.87. The number of aryl methyl sites for hydroxylation is 1. The molecule has 0 aliphatic carbocycles. The van der Waals surface area contributed by atoms with Gasteiger partial charge in [-0.05, 0) is 35.7 Å². The molecule has 20 heavy (non-hydrogen) atoms. The standard InChI is InChI=1S/C19H17N/c1-15-9-5-6-12-17(15)19(16-10-3-2-4-11-16)18-13-7-8-14-20-18/h2-14,19H,1H3. The molecule has 0 aliphatic heterocycles. The van der Waals surface area contributed by atoms with E-state index >= 15 is 0 Å².